The summed E-state index contributed by atoms with van der Waals surface area (Å²) in [7, 11) is 1.75. The third-order valence-corrected chi connectivity index (χ3v) is 5.31. The van der Waals surface area contributed by atoms with Crippen molar-refractivity contribution in [2.45, 2.75) is 0 Å². The van der Waals surface area contributed by atoms with Crippen LogP contribution in [0.15, 0.2) is 60.7 Å². The second-order valence-electron chi connectivity index (χ2n) is 7.24. The Morgan fingerprint density at radius 2 is 1.77 bits per heavy atom. The minimum absolute atomic E-state index is 0.0379. The number of carboxylic acids is 1. The summed E-state index contributed by atoms with van der Waals surface area (Å²) in [4.78, 5) is 12.5. The van der Waals surface area contributed by atoms with Crippen LogP contribution in [0.5, 0.6) is 17.2 Å². The van der Waals surface area contributed by atoms with E-state index in [4.69, 9.17) is 30.9 Å². The number of rotatable bonds is 8. The number of ether oxygens (including phenoxy) is 3. The number of likely N-dealkylation sites (N-methyl/N-ethyl adjacent to an activating group) is 1. The Morgan fingerprint density at radius 1 is 1.03 bits per heavy atom. The van der Waals surface area contributed by atoms with E-state index in [1.165, 1.54) is 0 Å². The lowest BCUT2D eigenvalue weighted by Crippen LogP contribution is -2.29. The fourth-order valence-electron chi connectivity index (χ4n) is 3.42. The molecule has 1 heterocycles. The highest BCUT2D eigenvalue weighted by Gasteiger charge is 2.16. The van der Waals surface area contributed by atoms with E-state index in [9.17, 15) is 4.79 Å². The number of aliphatic carboxylic acids is 1. The molecule has 0 bridgehead atoms. The summed E-state index contributed by atoms with van der Waals surface area (Å²) in [6, 6.07) is 19.4. The molecule has 0 unspecified atom stereocenters. The third kappa shape index (κ3) is 4.93. The summed E-state index contributed by atoms with van der Waals surface area (Å²) in [6.07, 6.45) is 0. The molecular weight excluding hydrogens is 418 g/mol. The Morgan fingerprint density at radius 3 is 2.58 bits per heavy atom. The van der Waals surface area contributed by atoms with E-state index in [1.807, 2.05) is 60.7 Å². The molecule has 0 spiro atoms. The van der Waals surface area contributed by atoms with Crippen LogP contribution in [0.4, 0.5) is 0 Å². The van der Waals surface area contributed by atoms with Gasteiger partial charge < -0.3 is 19.3 Å². The molecule has 1 aliphatic heterocycles. The summed E-state index contributed by atoms with van der Waals surface area (Å²) >= 11 is 6.48. The number of hydrogen-bond acceptors (Lipinski definition) is 5. The molecule has 4 rings (SSSR count). The van der Waals surface area contributed by atoms with Crippen LogP contribution >= 0.6 is 11.6 Å². The Balaban J connectivity index is 1.64. The zero-order valence-corrected chi connectivity index (χ0v) is 17.8. The zero-order valence-electron chi connectivity index (χ0n) is 17.0. The molecule has 3 aromatic carbocycles. The summed E-state index contributed by atoms with van der Waals surface area (Å²) in [5.41, 5.74) is 3.70. The van der Waals surface area contributed by atoms with Crippen LogP contribution in [0.25, 0.3) is 22.3 Å². The number of nitrogens with zero attached hydrogens (tertiary/aromatic N) is 1. The van der Waals surface area contributed by atoms with Gasteiger partial charge in [0.15, 0.2) is 11.5 Å². The van der Waals surface area contributed by atoms with Gasteiger partial charge in [0.2, 0.25) is 6.79 Å². The second kappa shape index (κ2) is 9.29. The highest BCUT2D eigenvalue weighted by molar-refractivity contribution is 6.33. The van der Waals surface area contributed by atoms with Gasteiger partial charge in [-0.2, -0.15) is 0 Å². The molecule has 6 nitrogen and oxygen atoms in total. The average Bonchev–Trinajstić information content (AvgIpc) is 3.22. The van der Waals surface area contributed by atoms with Gasteiger partial charge in [-0.05, 0) is 48.5 Å². The van der Waals surface area contributed by atoms with Crippen LogP contribution in [0.2, 0.25) is 5.02 Å². The predicted molar refractivity (Wildman–Crippen MR) is 119 cm³/mol. The van der Waals surface area contributed by atoms with Gasteiger partial charge in [0.1, 0.15) is 12.4 Å². The first-order chi connectivity index (χ1) is 15.0. The quantitative estimate of drug-likeness (QED) is 0.544. The Labute approximate surface area is 185 Å². The van der Waals surface area contributed by atoms with E-state index in [-0.39, 0.29) is 13.3 Å². The third-order valence-electron chi connectivity index (χ3n) is 4.99. The van der Waals surface area contributed by atoms with E-state index in [2.05, 4.69) is 0 Å². The first kappa shape index (κ1) is 21.0. The molecule has 1 N–H and O–H groups in total. The largest absolute Gasteiger partial charge is 0.492 e. The van der Waals surface area contributed by atoms with Gasteiger partial charge >= 0.3 is 5.97 Å². The molecule has 0 aromatic heterocycles. The van der Waals surface area contributed by atoms with E-state index in [0.717, 1.165) is 33.8 Å². The smallest absolute Gasteiger partial charge is 0.317 e. The Hall–Kier alpha value is -3.22. The van der Waals surface area contributed by atoms with Crippen molar-refractivity contribution in [2.24, 2.45) is 0 Å². The predicted octanol–water partition coefficient (Wildman–Crippen LogP) is 4.80. The highest BCUT2D eigenvalue weighted by atomic mass is 35.5. The molecule has 1 aliphatic rings. The molecule has 0 amide bonds. The monoisotopic (exact) mass is 439 g/mol. The molecular formula is C24H22ClNO5. The summed E-state index contributed by atoms with van der Waals surface area (Å²) < 4.78 is 16.9. The fraction of sp³-hybridized carbons (Fsp3) is 0.208. The second-order valence-corrected chi connectivity index (χ2v) is 7.65. The number of benzene rings is 3. The van der Waals surface area contributed by atoms with E-state index < -0.39 is 5.97 Å². The van der Waals surface area contributed by atoms with Crippen molar-refractivity contribution < 1.29 is 24.1 Å². The van der Waals surface area contributed by atoms with Crippen molar-refractivity contribution in [3.8, 4) is 39.5 Å². The number of halogens is 1. The minimum Gasteiger partial charge on any atom is -0.492 e. The highest BCUT2D eigenvalue weighted by Crippen LogP contribution is 2.40. The molecule has 0 aliphatic carbocycles. The molecule has 0 saturated heterocycles. The number of carboxylic acid groups (broad SMARTS) is 1. The molecule has 0 radical (unpaired) electrons. The molecule has 3 aromatic rings. The topological polar surface area (TPSA) is 68.2 Å². The van der Waals surface area contributed by atoms with Crippen LogP contribution in [-0.4, -0.2) is 49.5 Å². The molecule has 0 saturated carbocycles. The normalized spacial score (nSPS) is 12.2. The van der Waals surface area contributed by atoms with Crippen molar-refractivity contribution in [3.63, 3.8) is 0 Å². The maximum atomic E-state index is 10.8. The van der Waals surface area contributed by atoms with Gasteiger partial charge in [-0.3, -0.25) is 9.69 Å². The lowest BCUT2D eigenvalue weighted by molar-refractivity contribution is -0.138. The van der Waals surface area contributed by atoms with Gasteiger partial charge in [-0.1, -0.05) is 41.9 Å². The standard InChI is InChI=1S/C24H22ClNO5/c1-26(14-24(27)28)10-11-29-21-8-6-16(12-19(21)18-4-2-3-5-20(18)25)17-7-9-22-23(13-17)31-15-30-22/h2-9,12-13H,10-11,14-15H2,1H3,(H,27,28). The minimum atomic E-state index is -0.868. The van der Waals surface area contributed by atoms with Gasteiger partial charge in [0, 0.05) is 22.7 Å². The van der Waals surface area contributed by atoms with Crippen molar-refractivity contribution in [1.82, 2.24) is 4.90 Å². The van der Waals surface area contributed by atoms with Crippen LogP contribution in [-0.2, 0) is 4.79 Å². The number of hydrogen-bond donors (Lipinski definition) is 1. The Kier molecular flexibility index (Phi) is 6.30. The molecule has 160 valence electrons. The first-order valence-electron chi connectivity index (χ1n) is 9.83. The van der Waals surface area contributed by atoms with Crippen molar-refractivity contribution in [3.05, 3.63) is 65.7 Å². The fourth-order valence-corrected chi connectivity index (χ4v) is 3.66. The van der Waals surface area contributed by atoms with Gasteiger partial charge in [-0.15, -0.1) is 0 Å². The van der Waals surface area contributed by atoms with Gasteiger partial charge in [-0.25, -0.2) is 0 Å². The lowest BCUT2D eigenvalue weighted by Gasteiger charge is -2.17. The van der Waals surface area contributed by atoms with Crippen molar-refractivity contribution >= 4 is 17.6 Å². The van der Waals surface area contributed by atoms with E-state index in [0.29, 0.717) is 23.9 Å². The maximum absolute atomic E-state index is 10.8. The van der Waals surface area contributed by atoms with E-state index >= 15 is 0 Å². The molecule has 31 heavy (non-hydrogen) atoms. The van der Waals surface area contributed by atoms with Crippen LogP contribution in [0, 0.1) is 0 Å². The molecule has 0 atom stereocenters. The SMILES string of the molecule is CN(CCOc1ccc(-c2ccc3c(c2)OCO3)cc1-c1ccccc1Cl)CC(=O)O. The molecule has 0 fully saturated rings. The van der Waals surface area contributed by atoms with Gasteiger partial charge in [0.25, 0.3) is 0 Å². The van der Waals surface area contributed by atoms with Gasteiger partial charge in [0.05, 0.1) is 6.54 Å². The summed E-state index contributed by atoms with van der Waals surface area (Å²) in [5.74, 6) is 1.27. The lowest BCUT2D eigenvalue weighted by atomic mass is 9.98. The van der Waals surface area contributed by atoms with Crippen LogP contribution < -0.4 is 14.2 Å². The molecule has 7 heteroatoms. The number of fused-ring (bicyclic) bond motifs is 1. The van der Waals surface area contributed by atoms with Crippen LogP contribution in [0.1, 0.15) is 0 Å². The zero-order chi connectivity index (χ0) is 21.8. The Bertz CT molecular complexity index is 1100. The van der Waals surface area contributed by atoms with Crippen molar-refractivity contribution in [2.75, 3.05) is 33.5 Å². The number of carbonyl (C=O) groups is 1. The maximum Gasteiger partial charge on any atom is 0.317 e. The summed E-state index contributed by atoms with van der Waals surface area (Å²) in [5, 5.41) is 9.53. The van der Waals surface area contributed by atoms with Crippen molar-refractivity contribution in [1.29, 1.82) is 0 Å². The van der Waals surface area contributed by atoms with Crippen LogP contribution in [0.3, 0.4) is 0 Å². The first-order valence-corrected chi connectivity index (χ1v) is 10.2. The average molecular weight is 440 g/mol. The van der Waals surface area contributed by atoms with E-state index in [1.54, 1.807) is 11.9 Å². The summed E-state index contributed by atoms with van der Waals surface area (Å²) in [6.45, 7) is 1.03.